The van der Waals surface area contributed by atoms with Gasteiger partial charge in [0.25, 0.3) is 0 Å². The Morgan fingerprint density at radius 1 is 0.760 bits per heavy atom. The van der Waals surface area contributed by atoms with Gasteiger partial charge in [-0.2, -0.15) is 0 Å². The quantitative estimate of drug-likeness (QED) is 0.118. The fourth-order valence-electron chi connectivity index (χ4n) is 2.68. The summed E-state index contributed by atoms with van der Waals surface area (Å²) in [5.41, 5.74) is 0. The molecule has 0 aromatic rings. The molecule has 0 radical (unpaired) electrons. The Bertz CT molecular complexity index is 362. The van der Waals surface area contributed by atoms with Crippen LogP contribution >= 0.6 is 0 Å². The van der Waals surface area contributed by atoms with Gasteiger partial charge in [-0.25, -0.2) is 12.6 Å². The fraction of sp³-hybridized carbons (Fsp3) is 1.00. The molecule has 0 saturated carbocycles. The molecule has 5 nitrogen and oxygen atoms in total. The van der Waals surface area contributed by atoms with Crippen molar-refractivity contribution in [3.63, 3.8) is 0 Å². The zero-order valence-electron chi connectivity index (χ0n) is 16.6. The van der Waals surface area contributed by atoms with Crippen LogP contribution in [0.15, 0.2) is 0 Å². The third-order valence-corrected chi connectivity index (χ3v) is 4.50. The van der Waals surface area contributed by atoms with Crippen molar-refractivity contribution in [1.82, 2.24) is 0 Å². The van der Waals surface area contributed by atoms with E-state index in [1.807, 2.05) is 6.92 Å². The minimum atomic E-state index is -4.69. The monoisotopic (exact) mass is 388 g/mol. The Morgan fingerprint density at radius 3 is 1.60 bits per heavy atom. The van der Waals surface area contributed by atoms with E-state index in [4.69, 9.17) is 4.74 Å². The normalized spacial score (nSPS) is 12.8. The summed E-state index contributed by atoms with van der Waals surface area (Å²) in [6, 6.07) is 0. The average Bonchev–Trinajstić information content (AvgIpc) is 2.50. The van der Waals surface area contributed by atoms with Crippen molar-refractivity contribution in [3.8, 4) is 0 Å². The van der Waals surface area contributed by atoms with E-state index >= 15 is 0 Å². The van der Waals surface area contributed by atoms with Crippen molar-refractivity contribution >= 4 is 10.4 Å². The van der Waals surface area contributed by atoms with Crippen molar-refractivity contribution in [2.45, 2.75) is 110 Å². The molecule has 0 saturated heterocycles. The first-order chi connectivity index (χ1) is 11.5. The second-order valence-corrected chi connectivity index (χ2v) is 7.49. The van der Waals surface area contributed by atoms with E-state index < -0.39 is 16.7 Å². The number of ether oxygens (including phenoxy) is 1. The first-order valence-corrected chi connectivity index (χ1v) is 11.1. The van der Waals surface area contributed by atoms with E-state index in [9.17, 15) is 13.0 Å². The molecule has 0 amide bonds. The van der Waals surface area contributed by atoms with E-state index in [0.29, 0.717) is 19.4 Å². The van der Waals surface area contributed by atoms with Crippen molar-refractivity contribution in [2.75, 3.05) is 6.61 Å². The van der Waals surface area contributed by atoms with Gasteiger partial charge in [0.2, 0.25) is 10.4 Å². The summed E-state index contributed by atoms with van der Waals surface area (Å²) in [5, 5.41) is 0. The molecule has 25 heavy (non-hydrogen) atoms. The Labute approximate surface area is 177 Å². The molecule has 1 unspecified atom stereocenters. The molecular weight excluding hydrogens is 351 g/mol. The topological polar surface area (TPSA) is 75.7 Å². The van der Waals surface area contributed by atoms with Gasteiger partial charge in [0, 0.05) is 6.61 Å². The average molecular weight is 389 g/mol. The van der Waals surface area contributed by atoms with Gasteiger partial charge in [-0.1, -0.05) is 90.9 Å². The minimum Gasteiger partial charge on any atom is -0.725 e. The third-order valence-electron chi connectivity index (χ3n) is 4.05. The number of unbranched alkanes of at least 4 members (excludes halogenated alkanes) is 11. The van der Waals surface area contributed by atoms with Gasteiger partial charge in [-0.15, -0.1) is 0 Å². The summed E-state index contributed by atoms with van der Waals surface area (Å²) in [5.74, 6) is 0. The molecule has 7 heteroatoms. The number of hydrogen-bond acceptors (Lipinski definition) is 5. The van der Waals surface area contributed by atoms with Crippen LogP contribution in [0.5, 0.6) is 0 Å². The summed E-state index contributed by atoms with van der Waals surface area (Å²) in [7, 11) is -4.69. The molecule has 0 heterocycles. The molecule has 0 spiro atoms. The van der Waals surface area contributed by atoms with Gasteiger partial charge in [-0.05, 0) is 12.8 Å². The van der Waals surface area contributed by atoms with Crippen LogP contribution in [0.3, 0.4) is 0 Å². The van der Waals surface area contributed by atoms with E-state index in [2.05, 4.69) is 11.1 Å². The van der Waals surface area contributed by atoms with E-state index in [1.165, 1.54) is 64.2 Å². The number of rotatable bonds is 18. The van der Waals surface area contributed by atoms with Crippen molar-refractivity contribution < 1.29 is 51.4 Å². The van der Waals surface area contributed by atoms with Crippen molar-refractivity contribution in [1.29, 1.82) is 0 Å². The van der Waals surface area contributed by atoms with E-state index in [0.717, 1.165) is 12.8 Å². The molecule has 146 valence electrons. The minimum absolute atomic E-state index is 0. The van der Waals surface area contributed by atoms with Crippen LogP contribution < -0.4 is 29.6 Å². The maximum atomic E-state index is 10.6. The molecule has 0 rings (SSSR count). The van der Waals surface area contributed by atoms with E-state index in [-0.39, 0.29) is 29.6 Å². The maximum Gasteiger partial charge on any atom is 1.00 e. The standard InChI is InChI=1S/C18H38O5S.Na/c1-3-5-6-7-8-9-10-11-12-13-14-15-17-22-18(16-4-2)23-24(19,20)21;/h18H,3-17H2,1-2H3,(H,19,20,21);/q;+1/p-1. The first kappa shape index (κ1) is 28.0. The van der Waals surface area contributed by atoms with Crippen LogP contribution in [0.1, 0.15) is 104 Å². The predicted octanol–water partition coefficient (Wildman–Crippen LogP) is 2.31. The fourth-order valence-corrected chi connectivity index (χ4v) is 3.10. The smallest absolute Gasteiger partial charge is 0.725 e. The SMILES string of the molecule is CCCCCCCCCCCCCCOC(CCC)OS(=O)(=O)[O-].[Na+]. The van der Waals surface area contributed by atoms with Gasteiger partial charge in [0.1, 0.15) is 0 Å². The Hall–Kier alpha value is 0.830. The second-order valence-electron chi connectivity index (χ2n) is 6.48. The Kier molecular flexibility index (Phi) is 22.0. The van der Waals surface area contributed by atoms with Crippen LogP contribution in [0, 0.1) is 0 Å². The van der Waals surface area contributed by atoms with Crippen LogP contribution in [-0.2, 0) is 19.3 Å². The molecule has 0 aliphatic heterocycles. The van der Waals surface area contributed by atoms with Crippen LogP contribution in [0.4, 0.5) is 0 Å². The largest absolute Gasteiger partial charge is 1.00 e. The molecule has 0 N–H and O–H groups in total. The Balaban J connectivity index is 0. The first-order valence-electron chi connectivity index (χ1n) is 9.75. The van der Waals surface area contributed by atoms with Crippen LogP contribution in [0.25, 0.3) is 0 Å². The zero-order chi connectivity index (χ0) is 18.1. The van der Waals surface area contributed by atoms with Gasteiger partial charge in [0.05, 0.1) is 0 Å². The molecule has 1 atom stereocenters. The molecule has 0 aliphatic carbocycles. The second kappa shape index (κ2) is 19.6. The number of hydrogen-bond donors (Lipinski definition) is 0. The van der Waals surface area contributed by atoms with Gasteiger partial charge in [0.15, 0.2) is 6.29 Å². The molecule has 0 bridgehead atoms. The molecule has 0 aromatic carbocycles. The molecule has 0 aromatic heterocycles. The summed E-state index contributed by atoms with van der Waals surface area (Å²) in [4.78, 5) is 0. The zero-order valence-corrected chi connectivity index (χ0v) is 19.4. The maximum absolute atomic E-state index is 10.6. The summed E-state index contributed by atoms with van der Waals surface area (Å²) < 4.78 is 41.5. The van der Waals surface area contributed by atoms with Crippen LogP contribution in [0.2, 0.25) is 0 Å². The summed E-state index contributed by atoms with van der Waals surface area (Å²) in [6.07, 6.45) is 15.4. The van der Waals surface area contributed by atoms with Crippen LogP contribution in [-0.4, -0.2) is 25.9 Å². The summed E-state index contributed by atoms with van der Waals surface area (Å²) in [6.45, 7) is 4.58. The summed E-state index contributed by atoms with van der Waals surface area (Å²) >= 11 is 0. The predicted molar refractivity (Wildman–Crippen MR) is 96.5 cm³/mol. The van der Waals surface area contributed by atoms with Gasteiger partial charge in [-0.3, -0.25) is 0 Å². The van der Waals surface area contributed by atoms with Gasteiger partial charge >= 0.3 is 29.6 Å². The van der Waals surface area contributed by atoms with Gasteiger partial charge < -0.3 is 9.29 Å². The van der Waals surface area contributed by atoms with Crippen molar-refractivity contribution in [2.24, 2.45) is 0 Å². The molecule has 0 fully saturated rings. The Morgan fingerprint density at radius 2 is 1.20 bits per heavy atom. The third kappa shape index (κ3) is 22.8. The van der Waals surface area contributed by atoms with E-state index in [1.54, 1.807) is 0 Å². The van der Waals surface area contributed by atoms with Crippen molar-refractivity contribution in [3.05, 3.63) is 0 Å². The molecular formula is C18H37NaO5S. The molecule has 0 aliphatic rings.